The van der Waals surface area contributed by atoms with Crippen LogP contribution in [-0.4, -0.2) is 47.9 Å². The average Bonchev–Trinajstić information content (AvgIpc) is 3.24. The van der Waals surface area contributed by atoms with Crippen LogP contribution in [0.15, 0.2) is 48.5 Å². The van der Waals surface area contributed by atoms with Crippen molar-refractivity contribution < 1.29 is 18.7 Å². The molecule has 1 saturated heterocycles. The highest BCUT2D eigenvalue weighted by molar-refractivity contribution is 7.15. The number of hydrogen-bond donors (Lipinski definition) is 1. The Bertz CT molecular complexity index is 1150. The molecule has 0 saturated carbocycles. The van der Waals surface area contributed by atoms with Gasteiger partial charge in [0.25, 0.3) is 11.8 Å². The maximum absolute atomic E-state index is 13.6. The third kappa shape index (κ3) is 5.06. The van der Waals surface area contributed by atoms with E-state index in [-0.39, 0.29) is 23.7 Å². The highest BCUT2D eigenvalue weighted by Gasteiger charge is 2.31. The number of hydrogen-bond acceptors (Lipinski definition) is 5. The van der Waals surface area contributed by atoms with Crippen LogP contribution < -0.4 is 10.1 Å². The number of benzene rings is 2. The summed E-state index contributed by atoms with van der Waals surface area (Å²) in [6.45, 7) is 2.81. The fourth-order valence-electron chi connectivity index (χ4n) is 4.12. The number of carbonyl (C=O) groups excluding carboxylic acids is 2. The topological polar surface area (TPSA) is 71.5 Å². The first-order chi connectivity index (χ1) is 16.0. The number of piperidine rings is 1. The molecule has 1 atom stereocenters. The van der Waals surface area contributed by atoms with Crippen LogP contribution in [0.3, 0.4) is 0 Å². The van der Waals surface area contributed by atoms with E-state index in [1.165, 1.54) is 30.6 Å². The van der Waals surface area contributed by atoms with Crippen molar-refractivity contribution in [3.05, 3.63) is 70.6 Å². The Kier molecular flexibility index (Phi) is 7.03. The molecule has 1 aliphatic heterocycles. The number of nitrogens with zero attached hydrogens (tertiary/aromatic N) is 2. The van der Waals surface area contributed by atoms with Crippen LogP contribution in [0.25, 0.3) is 10.4 Å². The summed E-state index contributed by atoms with van der Waals surface area (Å²) in [5, 5.41) is 3.74. The molecule has 1 N–H and O–H groups in total. The van der Waals surface area contributed by atoms with E-state index >= 15 is 0 Å². The molecule has 1 fully saturated rings. The number of halogens is 1. The molecule has 2 aromatic carbocycles. The quantitative estimate of drug-likeness (QED) is 0.571. The number of para-hydroxylation sites is 1. The number of ether oxygens (including phenoxy) is 1. The van der Waals surface area contributed by atoms with Gasteiger partial charge in [0.1, 0.15) is 17.3 Å². The van der Waals surface area contributed by atoms with Crippen molar-refractivity contribution in [2.75, 3.05) is 20.2 Å². The molecule has 1 aliphatic rings. The smallest absolute Gasteiger partial charge is 0.274 e. The lowest BCUT2D eigenvalue weighted by atomic mass is 10.0. The van der Waals surface area contributed by atoms with Crippen molar-refractivity contribution in [1.29, 1.82) is 0 Å². The Morgan fingerprint density at radius 1 is 1.18 bits per heavy atom. The zero-order chi connectivity index (χ0) is 23.4. The van der Waals surface area contributed by atoms with Crippen LogP contribution in [0.5, 0.6) is 5.75 Å². The SMILES string of the molecule is COc1ccccc1C(=O)NCC1CCCCN1C(=O)c1nc(C)sc1-c1ccc(F)cc1. The minimum absolute atomic E-state index is 0.131. The number of amides is 2. The summed E-state index contributed by atoms with van der Waals surface area (Å²) in [4.78, 5) is 33.4. The Hall–Kier alpha value is -3.26. The van der Waals surface area contributed by atoms with E-state index in [4.69, 9.17) is 4.74 Å². The Labute approximate surface area is 196 Å². The van der Waals surface area contributed by atoms with E-state index in [2.05, 4.69) is 10.3 Å². The van der Waals surface area contributed by atoms with Gasteiger partial charge in [-0.15, -0.1) is 11.3 Å². The van der Waals surface area contributed by atoms with Crippen LogP contribution in [0, 0.1) is 12.7 Å². The summed E-state index contributed by atoms with van der Waals surface area (Å²) in [7, 11) is 1.53. The second-order valence-corrected chi connectivity index (χ2v) is 9.18. The fourth-order valence-corrected chi connectivity index (χ4v) is 5.04. The van der Waals surface area contributed by atoms with E-state index in [0.717, 1.165) is 34.7 Å². The largest absolute Gasteiger partial charge is 0.496 e. The standard InChI is InChI=1S/C25H26FN3O3S/c1-16-28-22(23(33-16)17-10-12-18(26)13-11-17)25(31)29-14-6-5-7-19(29)15-27-24(30)20-8-3-4-9-21(20)32-2/h3-4,8-13,19H,5-7,14-15H2,1-2H3,(H,27,30). The lowest BCUT2D eigenvalue weighted by Gasteiger charge is -2.35. The molecule has 0 aliphatic carbocycles. The number of aromatic nitrogens is 1. The second-order valence-electron chi connectivity index (χ2n) is 7.98. The molecule has 0 spiro atoms. The van der Waals surface area contributed by atoms with Gasteiger partial charge in [0, 0.05) is 19.1 Å². The Morgan fingerprint density at radius 3 is 2.70 bits per heavy atom. The number of aryl methyl sites for hydroxylation is 1. The summed E-state index contributed by atoms with van der Waals surface area (Å²) in [6.07, 6.45) is 2.69. The van der Waals surface area contributed by atoms with Crippen molar-refractivity contribution in [1.82, 2.24) is 15.2 Å². The minimum atomic E-state index is -0.324. The molecule has 33 heavy (non-hydrogen) atoms. The maximum Gasteiger partial charge on any atom is 0.274 e. The maximum atomic E-state index is 13.6. The molecule has 1 aromatic heterocycles. The van der Waals surface area contributed by atoms with E-state index in [1.807, 2.05) is 17.9 Å². The van der Waals surface area contributed by atoms with Gasteiger partial charge < -0.3 is 15.0 Å². The Morgan fingerprint density at radius 2 is 1.94 bits per heavy atom. The van der Waals surface area contributed by atoms with Crippen molar-refractivity contribution in [2.45, 2.75) is 32.2 Å². The second kappa shape index (κ2) is 10.1. The van der Waals surface area contributed by atoms with Crippen molar-refractivity contribution in [2.24, 2.45) is 0 Å². The number of nitrogens with one attached hydrogen (secondary N) is 1. The molecular formula is C25H26FN3O3S. The normalized spacial score (nSPS) is 15.8. The summed E-state index contributed by atoms with van der Waals surface area (Å²) in [5.41, 5.74) is 1.61. The van der Waals surface area contributed by atoms with E-state index < -0.39 is 0 Å². The Balaban J connectivity index is 1.52. The third-order valence-electron chi connectivity index (χ3n) is 5.78. The van der Waals surface area contributed by atoms with Crippen molar-refractivity contribution >= 4 is 23.2 Å². The summed E-state index contributed by atoms with van der Waals surface area (Å²) in [6, 6.07) is 13.0. The predicted molar refractivity (Wildman–Crippen MR) is 126 cm³/mol. The van der Waals surface area contributed by atoms with Crippen LogP contribution in [0.2, 0.25) is 0 Å². The molecule has 4 rings (SSSR count). The lowest BCUT2D eigenvalue weighted by Crippen LogP contribution is -2.49. The highest BCUT2D eigenvalue weighted by atomic mass is 32.1. The van der Waals surface area contributed by atoms with Gasteiger partial charge in [-0.2, -0.15) is 0 Å². The average molecular weight is 468 g/mol. The molecule has 172 valence electrons. The fraction of sp³-hybridized carbons (Fsp3) is 0.320. The number of likely N-dealkylation sites (tertiary alicyclic amines) is 1. The molecule has 0 bridgehead atoms. The van der Waals surface area contributed by atoms with Crippen LogP contribution in [0.4, 0.5) is 4.39 Å². The molecule has 8 heteroatoms. The molecule has 6 nitrogen and oxygen atoms in total. The molecule has 1 unspecified atom stereocenters. The zero-order valence-electron chi connectivity index (χ0n) is 18.6. The molecular weight excluding hydrogens is 441 g/mol. The van der Waals surface area contributed by atoms with Crippen LogP contribution in [0.1, 0.15) is 45.1 Å². The monoisotopic (exact) mass is 467 g/mol. The molecule has 3 aromatic rings. The minimum Gasteiger partial charge on any atom is -0.496 e. The van der Waals surface area contributed by atoms with Gasteiger partial charge in [0.15, 0.2) is 0 Å². The van der Waals surface area contributed by atoms with Gasteiger partial charge in [0.2, 0.25) is 0 Å². The van der Waals surface area contributed by atoms with Crippen molar-refractivity contribution in [3.63, 3.8) is 0 Å². The first-order valence-electron chi connectivity index (χ1n) is 10.9. The van der Waals surface area contributed by atoms with E-state index in [0.29, 0.717) is 30.1 Å². The van der Waals surface area contributed by atoms with Gasteiger partial charge in [-0.25, -0.2) is 9.37 Å². The summed E-state index contributed by atoms with van der Waals surface area (Å²) < 4.78 is 18.7. The number of carbonyl (C=O) groups is 2. The molecule has 2 amide bonds. The lowest BCUT2D eigenvalue weighted by molar-refractivity contribution is 0.0598. The number of thiazole rings is 1. The summed E-state index contributed by atoms with van der Waals surface area (Å²) in [5.74, 6) is -0.208. The van der Waals surface area contributed by atoms with E-state index in [9.17, 15) is 14.0 Å². The zero-order valence-corrected chi connectivity index (χ0v) is 19.5. The third-order valence-corrected chi connectivity index (χ3v) is 6.80. The predicted octanol–water partition coefficient (Wildman–Crippen LogP) is 4.69. The summed E-state index contributed by atoms with van der Waals surface area (Å²) >= 11 is 1.42. The van der Waals surface area contributed by atoms with Crippen molar-refractivity contribution in [3.8, 4) is 16.2 Å². The van der Waals surface area contributed by atoms with E-state index in [1.54, 1.807) is 30.3 Å². The highest BCUT2D eigenvalue weighted by Crippen LogP contribution is 2.32. The van der Waals surface area contributed by atoms with Gasteiger partial charge >= 0.3 is 0 Å². The first kappa shape index (κ1) is 22.9. The van der Waals surface area contributed by atoms with Gasteiger partial charge in [-0.1, -0.05) is 24.3 Å². The van der Waals surface area contributed by atoms with Crippen LogP contribution in [-0.2, 0) is 0 Å². The number of methoxy groups -OCH3 is 1. The van der Waals surface area contributed by atoms with Crippen LogP contribution >= 0.6 is 11.3 Å². The molecule has 2 heterocycles. The first-order valence-corrected chi connectivity index (χ1v) is 11.7. The van der Waals surface area contributed by atoms with Gasteiger partial charge in [0.05, 0.1) is 22.6 Å². The van der Waals surface area contributed by atoms with Gasteiger partial charge in [-0.3, -0.25) is 9.59 Å². The molecule has 0 radical (unpaired) electrons. The van der Waals surface area contributed by atoms with Gasteiger partial charge in [-0.05, 0) is 56.0 Å². The number of rotatable bonds is 6.